The standard InChI is InChI=1S/C20H24N2O4S/c1-22(2)20(24)13-9-16(25-3)17(26-4)10-15(13)21-19(23)14-11-27-18-8-6-5-7-12(14)18/h9-11H,5-8H2,1-4H3,(H,21,23). The van der Waals surface area contributed by atoms with Crippen LogP contribution in [0.2, 0.25) is 0 Å². The molecule has 2 aromatic rings. The van der Waals surface area contributed by atoms with Gasteiger partial charge in [-0.1, -0.05) is 0 Å². The summed E-state index contributed by atoms with van der Waals surface area (Å²) in [5.74, 6) is 0.470. The molecule has 1 aliphatic rings. The van der Waals surface area contributed by atoms with Gasteiger partial charge in [-0.25, -0.2) is 0 Å². The molecule has 7 heteroatoms. The molecule has 3 rings (SSSR count). The number of rotatable bonds is 5. The van der Waals surface area contributed by atoms with E-state index in [9.17, 15) is 9.59 Å². The zero-order valence-corrected chi connectivity index (χ0v) is 16.9. The summed E-state index contributed by atoms with van der Waals surface area (Å²) in [6.07, 6.45) is 4.24. The zero-order chi connectivity index (χ0) is 19.6. The van der Waals surface area contributed by atoms with Crippen LogP contribution < -0.4 is 14.8 Å². The van der Waals surface area contributed by atoms with Crippen LogP contribution in [-0.4, -0.2) is 45.0 Å². The molecule has 1 aromatic heterocycles. The number of nitrogens with one attached hydrogen (secondary N) is 1. The van der Waals surface area contributed by atoms with E-state index in [-0.39, 0.29) is 11.8 Å². The molecule has 0 bridgehead atoms. The molecule has 1 N–H and O–H groups in total. The summed E-state index contributed by atoms with van der Waals surface area (Å²) in [7, 11) is 6.36. The molecule has 0 saturated carbocycles. The minimum Gasteiger partial charge on any atom is -0.493 e. The van der Waals surface area contributed by atoms with Gasteiger partial charge in [-0.3, -0.25) is 9.59 Å². The highest BCUT2D eigenvalue weighted by atomic mass is 32.1. The Balaban J connectivity index is 1.98. The Hall–Kier alpha value is -2.54. The van der Waals surface area contributed by atoms with Crippen LogP contribution in [0.4, 0.5) is 5.69 Å². The predicted octanol–water partition coefficient (Wildman–Crippen LogP) is 3.60. The third-order valence-corrected chi connectivity index (χ3v) is 5.80. The normalized spacial score (nSPS) is 12.9. The third kappa shape index (κ3) is 3.78. The van der Waals surface area contributed by atoms with E-state index in [0.717, 1.165) is 24.8 Å². The van der Waals surface area contributed by atoms with Gasteiger partial charge in [0.1, 0.15) is 0 Å². The number of ether oxygens (including phenoxy) is 2. The molecule has 27 heavy (non-hydrogen) atoms. The van der Waals surface area contributed by atoms with Crippen LogP contribution in [0.1, 0.15) is 44.0 Å². The van der Waals surface area contributed by atoms with E-state index in [1.807, 2.05) is 5.38 Å². The number of hydrogen-bond acceptors (Lipinski definition) is 5. The van der Waals surface area contributed by atoms with Crippen LogP contribution in [0.5, 0.6) is 11.5 Å². The van der Waals surface area contributed by atoms with Crippen LogP contribution in [0, 0.1) is 0 Å². The van der Waals surface area contributed by atoms with E-state index in [1.165, 1.54) is 30.4 Å². The summed E-state index contributed by atoms with van der Waals surface area (Å²) in [4.78, 5) is 28.3. The molecule has 6 nitrogen and oxygen atoms in total. The maximum atomic E-state index is 12.9. The van der Waals surface area contributed by atoms with Gasteiger partial charge in [-0.05, 0) is 37.3 Å². The molecule has 1 heterocycles. The van der Waals surface area contributed by atoms with E-state index in [2.05, 4.69) is 5.32 Å². The summed E-state index contributed by atoms with van der Waals surface area (Å²) in [5.41, 5.74) is 2.61. The lowest BCUT2D eigenvalue weighted by Crippen LogP contribution is -2.24. The van der Waals surface area contributed by atoms with Crippen LogP contribution >= 0.6 is 11.3 Å². The van der Waals surface area contributed by atoms with Crippen molar-refractivity contribution in [2.75, 3.05) is 33.6 Å². The number of anilines is 1. The van der Waals surface area contributed by atoms with Gasteiger partial charge in [-0.15, -0.1) is 11.3 Å². The van der Waals surface area contributed by atoms with Crippen molar-refractivity contribution >= 4 is 28.8 Å². The average Bonchev–Trinajstić information content (AvgIpc) is 3.11. The molecule has 0 aliphatic heterocycles. The van der Waals surface area contributed by atoms with Crippen molar-refractivity contribution in [2.24, 2.45) is 0 Å². The van der Waals surface area contributed by atoms with Crippen molar-refractivity contribution in [1.29, 1.82) is 0 Å². The van der Waals surface area contributed by atoms with E-state index < -0.39 is 0 Å². The van der Waals surface area contributed by atoms with Gasteiger partial charge in [-0.2, -0.15) is 0 Å². The van der Waals surface area contributed by atoms with Crippen LogP contribution in [0.15, 0.2) is 17.5 Å². The minimum atomic E-state index is -0.224. The number of amides is 2. The Morgan fingerprint density at radius 3 is 2.37 bits per heavy atom. The molecular weight excluding hydrogens is 364 g/mol. The number of carbonyl (C=O) groups excluding carboxylic acids is 2. The van der Waals surface area contributed by atoms with Crippen LogP contribution in [0.25, 0.3) is 0 Å². The quantitative estimate of drug-likeness (QED) is 0.850. The van der Waals surface area contributed by atoms with E-state index in [4.69, 9.17) is 9.47 Å². The fourth-order valence-corrected chi connectivity index (χ4v) is 4.40. The Morgan fingerprint density at radius 2 is 1.70 bits per heavy atom. The Kier molecular flexibility index (Phi) is 5.70. The summed E-state index contributed by atoms with van der Waals surface area (Å²) in [6, 6.07) is 3.23. The second-order valence-electron chi connectivity index (χ2n) is 6.66. The Labute approximate surface area is 163 Å². The highest BCUT2D eigenvalue weighted by molar-refractivity contribution is 7.10. The minimum absolute atomic E-state index is 0.200. The first kappa shape index (κ1) is 19.2. The van der Waals surface area contributed by atoms with Crippen molar-refractivity contribution in [3.8, 4) is 11.5 Å². The fraction of sp³-hybridized carbons (Fsp3) is 0.400. The molecule has 0 unspecified atom stereocenters. The SMILES string of the molecule is COc1cc(NC(=O)c2csc3c2CCCC3)c(C(=O)N(C)C)cc1OC. The van der Waals surface area contributed by atoms with Gasteiger partial charge in [0.05, 0.1) is 31.0 Å². The molecule has 0 saturated heterocycles. The van der Waals surface area contributed by atoms with Gasteiger partial charge in [0.15, 0.2) is 11.5 Å². The van der Waals surface area contributed by atoms with E-state index in [0.29, 0.717) is 28.3 Å². The predicted molar refractivity (Wildman–Crippen MR) is 106 cm³/mol. The molecule has 0 spiro atoms. The number of fused-ring (bicyclic) bond motifs is 1. The molecule has 0 radical (unpaired) electrons. The lowest BCUT2D eigenvalue weighted by atomic mass is 9.95. The van der Waals surface area contributed by atoms with Crippen LogP contribution in [-0.2, 0) is 12.8 Å². The molecular formula is C20H24N2O4S. The molecule has 144 valence electrons. The average molecular weight is 388 g/mol. The second kappa shape index (κ2) is 8.00. The van der Waals surface area contributed by atoms with Gasteiger partial charge in [0, 0.05) is 30.4 Å². The highest BCUT2D eigenvalue weighted by Crippen LogP contribution is 2.35. The maximum Gasteiger partial charge on any atom is 0.256 e. The van der Waals surface area contributed by atoms with Gasteiger partial charge in [0.25, 0.3) is 11.8 Å². The number of methoxy groups -OCH3 is 2. The first-order valence-corrected chi connectivity index (χ1v) is 9.72. The fourth-order valence-electron chi connectivity index (χ4n) is 3.27. The lowest BCUT2D eigenvalue weighted by molar-refractivity contribution is 0.0828. The smallest absolute Gasteiger partial charge is 0.256 e. The largest absolute Gasteiger partial charge is 0.493 e. The second-order valence-corrected chi connectivity index (χ2v) is 7.63. The van der Waals surface area contributed by atoms with Gasteiger partial charge >= 0.3 is 0 Å². The van der Waals surface area contributed by atoms with E-state index >= 15 is 0 Å². The maximum absolute atomic E-state index is 12.9. The summed E-state index contributed by atoms with van der Waals surface area (Å²) in [6.45, 7) is 0. The number of carbonyl (C=O) groups is 2. The number of thiophene rings is 1. The lowest BCUT2D eigenvalue weighted by Gasteiger charge is -2.18. The van der Waals surface area contributed by atoms with Crippen molar-refractivity contribution in [1.82, 2.24) is 4.90 Å². The van der Waals surface area contributed by atoms with Crippen molar-refractivity contribution < 1.29 is 19.1 Å². The number of hydrogen-bond donors (Lipinski definition) is 1. The molecule has 0 atom stereocenters. The Bertz CT molecular complexity index is 873. The highest BCUT2D eigenvalue weighted by Gasteiger charge is 2.23. The van der Waals surface area contributed by atoms with Gasteiger partial charge < -0.3 is 19.7 Å². The van der Waals surface area contributed by atoms with Crippen molar-refractivity contribution in [3.63, 3.8) is 0 Å². The zero-order valence-electron chi connectivity index (χ0n) is 16.0. The summed E-state index contributed by atoms with van der Waals surface area (Å²) in [5, 5.41) is 4.83. The monoisotopic (exact) mass is 388 g/mol. The summed E-state index contributed by atoms with van der Waals surface area (Å²) >= 11 is 1.64. The topological polar surface area (TPSA) is 67.9 Å². The van der Waals surface area contributed by atoms with Crippen molar-refractivity contribution in [3.05, 3.63) is 39.1 Å². The molecule has 1 aliphatic carbocycles. The molecule has 0 fully saturated rings. The summed E-state index contributed by atoms with van der Waals surface area (Å²) < 4.78 is 10.6. The van der Waals surface area contributed by atoms with E-state index in [1.54, 1.807) is 37.6 Å². The Morgan fingerprint density at radius 1 is 1.04 bits per heavy atom. The molecule has 1 aromatic carbocycles. The first-order valence-electron chi connectivity index (χ1n) is 8.84. The third-order valence-electron chi connectivity index (χ3n) is 4.71. The first-order chi connectivity index (χ1) is 13.0. The number of nitrogens with zero attached hydrogens (tertiary/aromatic N) is 1. The van der Waals surface area contributed by atoms with Crippen molar-refractivity contribution in [2.45, 2.75) is 25.7 Å². The number of benzene rings is 1. The number of aryl methyl sites for hydroxylation is 1. The van der Waals surface area contributed by atoms with Gasteiger partial charge in [0.2, 0.25) is 0 Å². The van der Waals surface area contributed by atoms with Crippen LogP contribution in [0.3, 0.4) is 0 Å². The molecule has 2 amide bonds.